The fraction of sp³-hybridized carbons (Fsp3) is 0.100. The minimum absolute atomic E-state index is 0.198. The predicted octanol–water partition coefficient (Wildman–Crippen LogP) is 5.84. The molecule has 1 saturated heterocycles. The Bertz CT molecular complexity index is 970. The van der Waals surface area contributed by atoms with Crippen LogP contribution in [0.2, 0.25) is 0 Å². The Morgan fingerprint density at radius 3 is 2.54 bits per heavy atom. The zero-order chi connectivity index (χ0) is 20.3. The maximum atomic E-state index is 13.3. The van der Waals surface area contributed by atoms with Crippen LogP contribution in [0.1, 0.15) is 11.1 Å². The van der Waals surface area contributed by atoms with Crippen LogP contribution in [0.25, 0.3) is 6.08 Å². The molecule has 3 rings (SSSR count). The summed E-state index contributed by atoms with van der Waals surface area (Å²) >= 11 is 5.24. The molecule has 144 valence electrons. The maximum absolute atomic E-state index is 13.3. The number of ether oxygens (including phenoxy) is 1. The van der Waals surface area contributed by atoms with E-state index >= 15 is 0 Å². The lowest BCUT2D eigenvalue weighted by Crippen LogP contribution is -2.27. The Labute approximate surface area is 193 Å². The van der Waals surface area contributed by atoms with Gasteiger partial charge in [0.2, 0.25) is 0 Å². The second-order valence-corrected chi connectivity index (χ2v) is 9.13. The highest BCUT2D eigenvalue weighted by atomic mass is 127. The lowest BCUT2D eigenvalue weighted by molar-refractivity contribution is -0.122. The molecule has 0 bridgehead atoms. The molecule has 0 saturated carbocycles. The van der Waals surface area contributed by atoms with Crippen LogP contribution >= 0.6 is 56.9 Å². The van der Waals surface area contributed by atoms with Gasteiger partial charge in [-0.15, -0.1) is 6.58 Å². The second kappa shape index (κ2) is 9.40. The highest BCUT2D eigenvalue weighted by molar-refractivity contribution is 14.1. The third kappa shape index (κ3) is 4.95. The summed E-state index contributed by atoms with van der Waals surface area (Å²) in [5.74, 6) is 0.0833. The molecule has 0 atom stereocenters. The molecule has 0 N–H and O–H groups in total. The number of hydrogen-bond donors (Lipinski definition) is 0. The summed E-state index contributed by atoms with van der Waals surface area (Å²) in [5.41, 5.74) is 1.54. The summed E-state index contributed by atoms with van der Waals surface area (Å²) in [6, 6.07) is 10.0. The molecule has 1 aliphatic heterocycles. The van der Waals surface area contributed by atoms with Gasteiger partial charge in [-0.05, 0) is 98.4 Å². The Morgan fingerprint density at radius 1 is 1.18 bits per heavy atom. The molecule has 0 aromatic heterocycles. The van der Waals surface area contributed by atoms with Crippen molar-refractivity contribution in [2.24, 2.45) is 0 Å². The van der Waals surface area contributed by atoms with Crippen LogP contribution in [0.3, 0.4) is 0 Å². The van der Waals surface area contributed by atoms with E-state index in [9.17, 15) is 14.0 Å². The smallest absolute Gasteiger partial charge is 0.293 e. The molecule has 0 radical (unpaired) electrons. The Balaban J connectivity index is 1.79. The lowest BCUT2D eigenvalue weighted by atomic mass is 10.2. The Kier molecular flexibility index (Phi) is 7.15. The number of amides is 2. The van der Waals surface area contributed by atoms with Gasteiger partial charge >= 0.3 is 0 Å². The molecular formula is C20H14FI2NO3S. The van der Waals surface area contributed by atoms with Gasteiger partial charge in [0.05, 0.1) is 12.0 Å². The molecule has 1 heterocycles. The van der Waals surface area contributed by atoms with Gasteiger partial charge in [-0.3, -0.25) is 14.5 Å². The highest BCUT2D eigenvalue weighted by Crippen LogP contribution is 2.35. The van der Waals surface area contributed by atoms with Crippen LogP contribution in [0, 0.1) is 13.0 Å². The van der Waals surface area contributed by atoms with Crippen molar-refractivity contribution in [3.63, 3.8) is 0 Å². The van der Waals surface area contributed by atoms with Gasteiger partial charge in [-0.1, -0.05) is 18.2 Å². The third-order valence-electron chi connectivity index (χ3n) is 3.78. The summed E-state index contributed by atoms with van der Waals surface area (Å²) in [4.78, 5) is 25.8. The van der Waals surface area contributed by atoms with Crippen molar-refractivity contribution in [1.29, 1.82) is 0 Å². The van der Waals surface area contributed by atoms with E-state index in [1.165, 1.54) is 18.2 Å². The largest absolute Gasteiger partial charge is 0.487 e. The van der Waals surface area contributed by atoms with Crippen LogP contribution in [0.15, 0.2) is 54.0 Å². The van der Waals surface area contributed by atoms with Crippen LogP contribution < -0.4 is 4.74 Å². The van der Waals surface area contributed by atoms with E-state index in [4.69, 9.17) is 4.74 Å². The quantitative estimate of drug-likeness (QED) is 0.231. The van der Waals surface area contributed by atoms with Gasteiger partial charge in [-0.25, -0.2) is 4.39 Å². The molecule has 2 aromatic carbocycles. The van der Waals surface area contributed by atoms with E-state index in [0.29, 0.717) is 10.7 Å². The second-order valence-electron chi connectivity index (χ2n) is 5.81. The van der Waals surface area contributed by atoms with Crippen molar-refractivity contribution in [3.05, 3.63) is 78.0 Å². The number of thioether (sulfide) groups is 1. The maximum Gasteiger partial charge on any atom is 0.293 e. The summed E-state index contributed by atoms with van der Waals surface area (Å²) in [7, 11) is 0. The van der Waals surface area contributed by atoms with Gasteiger partial charge < -0.3 is 4.74 Å². The minimum Gasteiger partial charge on any atom is -0.487 e. The van der Waals surface area contributed by atoms with Crippen LogP contribution in [-0.4, -0.2) is 22.6 Å². The molecule has 1 fully saturated rings. The standard InChI is InChI=1S/C20H14FI2NO3S/c1-2-6-24-19(25)17(28-20(24)26)10-13-8-15(22)18(16(23)9-13)27-11-12-4-3-5-14(21)7-12/h2-5,7-10H,1,6,11H2/b17-10+. The fourth-order valence-corrected chi connectivity index (χ4v) is 5.50. The molecule has 2 aromatic rings. The zero-order valence-electron chi connectivity index (χ0n) is 14.5. The molecule has 4 nitrogen and oxygen atoms in total. The molecule has 8 heteroatoms. The van der Waals surface area contributed by atoms with Gasteiger partial charge in [0.1, 0.15) is 18.2 Å². The monoisotopic (exact) mass is 621 g/mol. The number of imide groups is 1. The summed E-state index contributed by atoms with van der Waals surface area (Å²) in [6.45, 7) is 4.02. The number of rotatable bonds is 6. The van der Waals surface area contributed by atoms with Gasteiger partial charge in [0.15, 0.2) is 0 Å². The van der Waals surface area contributed by atoms with Crippen molar-refractivity contribution >= 4 is 74.2 Å². The van der Waals surface area contributed by atoms with Crippen molar-refractivity contribution in [2.75, 3.05) is 6.54 Å². The van der Waals surface area contributed by atoms with Crippen LogP contribution in [0.4, 0.5) is 9.18 Å². The zero-order valence-corrected chi connectivity index (χ0v) is 19.6. The van der Waals surface area contributed by atoms with Crippen LogP contribution in [-0.2, 0) is 11.4 Å². The number of carbonyl (C=O) groups excluding carboxylic acids is 2. The first-order valence-corrected chi connectivity index (χ1v) is 11.1. The fourth-order valence-electron chi connectivity index (χ4n) is 2.52. The molecule has 0 spiro atoms. The molecule has 28 heavy (non-hydrogen) atoms. The summed E-state index contributed by atoms with van der Waals surface area (Å²) in [5, 5.41) is -0.296. The van der Waals surface area contributed by atoms with E-state index in [-0.39, 0.29) is 30.1 Å². The van der Waals surface area contributed by atoms with Crippen molar-refractivity contribution in [1.82, 2.24) is 4.90 Å². The normalized spacial score (nSPS) is 15.4. The average molecular weight is 621 g/mol. The first-order valence-electron chi connectivity index (χ1n) is 8.11. The third-order valence-corrected chi connectivity index (χ3v) is 6.29. The summed E-state index contributed by atoms with van der Waals surface area (Å²) in [6.07, 6.45) is 3.23. The molecule has 0 aliphatic carbocycles. The Hall–Kier alpha value is -1.40. The van der Waals surface area contributed by atoms with Gasteiger partial charge in [0.25, 0.3) is 11.1 Å². The van der Waals surface area contributed by atoms with E-state index in [1.807, 2.05) is 12.1 Å². The van der Waals surface area contributed by atoms with E-state index in [1.54, 1.807) is 18.2 Å². The first kappa shape index (κ1) is 21.3. The molecule has 0 unspecified atom stereocenters. The molecule has 2 amide bonds. The number of halogens is 3. The number of carbonyl (C=O) groups is 2. The summed E-state index contributed by atoms with van der Waals surface area (Å²) < 4.78 is 20.9. The van der Waals surface area contributed by atoms with Crippen molar-refractivity contribution < 1.29 is 18.7 Å². The SMILES string of the molecule is C=CCN1C(=O)S/C(=C/c2cc(I)c(OCc3cccc(F)c3)c(I)c2)C1=O. The van der Waals surface area contributed by atoms with E-state index < -0.39 is 0 Å². The number of hydrogen-bond acceptors (Lipinski definition) is 4. The Morgan fingerprint density at radius 2 is 1.89 bits per heavy atom. The highest BCUT2D eigenvalue weighted by Gasteiger charge is 2.34. The predicted molar refractivity (Wildman–Crippen MR) is 125 cm³/mol. The number of benzene rings is 2. The number of nitrogens with zero attached hydrogens (tertiary/aromatic N) is 1. The van der Waals surface area contributed by atoms with E-state index in [0.717, 1.165) is 34.9 Å². The molecule has 1 aliphatic rings. The van der Waals surface area contributed by atoms with E-state index in [2.05, 4.69) is 51.8 Å². The van der Waals surface area contributed by atoms with Crippen molar-refractivity contribution in [2.45, 2.75) is 6.61 Å². The van der Waals surface area contributed by atoms with Gasteiger partial charge in [-0.2, -0.15) is 0 Å². The average Bonchev–Trinajstić information content (AvgIpc) is 2.89. The van der Waals surface area contributed by atoms with Crippen LogP contribution in [0.5, 0.6) is 5.75 Å². The topological polar surface area (TPSA) is 46.6 Å². The lowest BCUT2D eigenvalue weighted by Gasteiger charge is -2.12. The minimum atomic E-state index is -0.314. The van der Waals surface area contributed by atoms with Crippen molar-refractivity contribution in [3.8, 4) is 5.75 Å². The molecular weight excluding hydrogens is 607 g/mol. The van der Waals surface area contributed by atoms with Gasteiger partial charge in [0, 0.05) is 6.54 Å². The first-order chi connectivity index (χ1) is 13.4.